The maximum absolute atomic E-state index is 12.9. The highest BCUT2D eigenvalue weighted by Gasteiger charge is 2.45. The molecule has 0 bridgehead atoms. The predicted molar refractivity (Wildman–Crippen MR) is 87.3 cm³/mol. The molecule has 3 heterocycles. The van der Waals surface area contributed by atoms with Crippen molar-refractivity contribution in [3.8, 4) is 0 Å². The number of hydrogen-bond acceptors (Lipinski definition) is 4. The van der Waals surface area contributed by atoms with Gasteiger partial charge in [-0.15, -0.1) is 0 Å². The average Bonchev–Trinajstić information content (AvgIpc) is 3.31. The number of hydrogen-bond donors (Lipinski definition) is 0. The van der Waals surface area contributed by atoms with E-state index in [1.54, 1.807) is 16.9 Å². The summed E-state index contributed by atoms with van der Waals surface area (Å²) in [4.78, 5) is 30.4. The molecule has 3 saturated heterocycles. The van der Waals surface area contributed by atoms with Gasteiger partial charge in [0.05, 0.1) is 18.6 Å². The van der Waals surface area contributed by atoms with Crippen LogP contribution < -0.4 is 0 Å². The molecule has 0 aromatic rings. The van der Waals surface area contributed by atoms with Crippen LogP contribution in [0.25, 0.3) is 0 Å². The second kappa shape index (κ2) is 7.72. The highest BCUT2D eigenvalue weighted by Crippen LogP contribution is 2.29. The van der Waals surface area contributed by atoms with Crippen molar-refractivity contribution in [2.24, 2.45) is 5.92 Å². The second-order valence-corrected chi connectivity index (χ2v) is 7.47. The van der Waals surface area contributed by atoms with Crippen molar-refractivity contribution < 1.29 is 27.5 Å². The van der Waals surface area contributed by atoms with Gasteiger partial charge in [0.1, 0.15) is 6.04 Å². The van der Waals surface area contributed by atoms with E-state index in [9.17, 15) is 22.8 Å². The first-order valence-corrected chi connectivity index (χ1v) is 9.19. The lowest BCUT2D eigenvalue weighted by molar-refractivity contribution is -0.148. The van der Waals surface area contributed by atoms with Gasteiger partial charge >= 0.3 is 6.18 Å². The fourth-order valence-corrected chi connectivity index (χ4v) is 4.26. The van der Waals surface area contributed by atoms with E-state index in [-0.39, 0.29) is 31.0 Å². The van der Waals surface area contributed by atoms with Gasteiger partial charge in [0.2, 0.25) is 11.8 Å². The quantitative estimate of drug-likeness (QED) is 0.737. The lowest BCUT2D eigenvalue weighted by Gasteiger charge is -2.29. The summed E-state index contributed by atoms with van der Waals surface area (Å²) < 4.78 is 43.1. The van der Waals surface area contributed by atoms with E-state index in [0.717, 1.165) is 12.8 Å². The maximum Gasteiger partial charge on any atom is 0.401 e. The van der Waals surface area contributed by atoms with Crippen LogP contribution in [0.4, 0.5) is 13.2 Å². The molecule has 6 nitrogen and oxygen atoms in total. The summed E-state index contributed by atoms with van der Waals surface area (Å²) in [6.07, 6.45) is -1.68. The van der Waals surface area contributed by atoms with Crippen molar-refractivity contribution >= 4 is 11.8 Å². The van der Waals surface area contributed by atoms with Crippen LogP contribution in [0.5, 0.6) is 0 Å². The SMILES string of the molecule is CO[C@H]1C[C@@H](C(=O)N2CCCC2)N(C(=O)C2CCN(CC(F)(F)F)C2)C1. The summed E-state index contributed by atoms with van der Waals surface area (Å²) in [5.74, 6) is -0.755. The van der Waals surface area contributed by atoms with Gasteiger partial charge < -0.3 is 14.5 Å². The second-order valence-electron chi connectivity index (χ2n) is 7.47. The van der Waals surface area contributed by atoms with Gasteiger partial charge in [0.15, 0.2) is 0 Å². The van der Waals surface area contributed by atoms with Gasteiger partial charge in [0, 0.05) is 39.7 Å². The molecule has 0 aromatic carbocycles. The maximum atomic E-state index is 12.9. The molecule has 0 aromatic heterocycles. The number of methoxy groups -OCH3 is 1. The number of carbonyl (C=O) groups excluding carboxylic acids is 2. The Balaban J connectivity index is 1.65. The first-order valence-electron chi connectivity index (χ1n) is 9.19. The molecular weight excluding hydrogens is 351 g/mol. The Morgan fingerprint density at radius 1 is 1.08 bits per heavy atom. The van der Waals surface area contributed by atoms with Crippen molar-refractivity contribution in [2.75, 3.05) is 46.4 Å². The van der Waals surface area contributed by atoms with Crippen LogP contribution >= 0.6 is 0 Å². The molecule has 26 heavy (non-hydrogen) atoms. The first-order chi connectivity index (χ1) is 12.3. The molecule has 0 N–H and O–H groups in total. The van der Waals surface area contributed by atoms with Crippen molar-refractivity contribution in [2.45, 2.75) is 44.0 Å². The lowest BCUT2D eigenvalue weighted by atomic mass is 10.1. The van der Waals surface area contributed by atoms with Crippen molar-refractivity contribution in [1.29, 1.82) is 0 Å². The zero-order valence-electron chi connectivity index (χ0n) is 15.0. The van der Waals surface area contributed by atoms with E-state index < -0.39 is 24.7 Å². The summed E-state index contributed by atoms with van der Waals surface area (Å²) in [6, 6.07) is -0.554. The smallest absolute Gasteiger partial charge is 0.380 e. The summed E-state index contributed by atoms with van der Waals surface area (Å²) in [5.41, 5.74) is 0. The number of likely N-dealkylation sites (tertiary alicyclic amines) is 3. The summed E-state index contributed by atoms with van der Waals surface area (Å²) in [5, 5.41) is 0. The van der Waals surface area contributed by atoms with Crippen LogP contribution in [0, 0.1) is 5.92 Å². The van der Waals surface area contributed by atoms with Crippen LogP contribution in [0.2, 0.25) is 0 Å². The molecule has 3 aliphatic heterocycles. The number of ether oxygens (including phenoxy) is 1. The molecule has 148 valence electrons. The van der Waals surface area contributed by atoms with E-state index >= 15 is 0 Å². The summed E-state index contributed by atoms with van der Waals surface area (Å²) >= 11 is 0. The number of carbonyl (C=O) groups is 2. The highest BCUT2D eigenvalue weighted by molar-refractivity contribution is 5.89. The van der Waals surface area contributed by atoms with Gasteiger partial charge in [-0.25, -0.2) is 0 Å². The minimum atomic E-state index is -4.26. The third-order valence-corrected chi connectivity index (χ3v) is 5.61. The van der Waals surface area contributed by atoms with Gasteiger partial charge in [-0.2, -0.15) is 13.2 Å². The van der Waals surface area contributed by atoms with E-state index in [4.69, 9.17) is 4.74 Å². The minimum absolute atomic E-state index is 0.0551. The molecule has 0 radical (unpaired) electrons. The molecule has 2 amide bonds. The number of halogens is 3. The van der Waals surface area contributed by atoms with Crippen LogP contribution in [0.3, 0.4) is 0 Å². The van der Waals surface area contributed by atoms with Crippen LogP contribution in [0.1, 0.15) is 25.7 Å². The standard InChI is InChI=1S/C17H26F3N3O3/c1-26-13-8-14(16(25)22-5-2-3-6-22)23(10-13)15(24)12-4-7-21(9-12)11-17(18,19)20/h12-14H,2-11H2,1H3/t12?,13-,14-/m0/s1. The summed E-state index contributed by atoms with van der Waals surface area (Å²) in [6.45, 7) is 1.10. The Morgan fingerprint density at radius 2 is 1.77 bits per heavy atom. The number of nitrogens with zero attached hydrogens (tertiary/aromatic N) is 3. The number of rotatable bonds is 4. The van der Waals surface area contributed by atoms with E-state index in [2.05, 4.69) is 0 Å². The summed E-state index contributed by atoms with van der Waals surface area (Å²) in [7, 11) is 1.55. The lowest BCUT2D eigenvalue weighted by Crippen LogP contribution is -2.49. The molecule has 3 fully saturated rings. The predicted octanol–water partition coefficient (Wildman–Crippen LogP) is 1.11. The fourth-order valence-electron chi connectivity index (χ4n) is 4.26. The average molecular weight is 377 g/mol. The van der Waals surface area contributed by atoms with E-state index in [0.29, 0.717) is 32.5 Å². The van der Waals surface area contributed by atoms with E-state index in [1.165, 1.54) is 4.90 Å². The Bertz CT molecular complexity index is 537. The molecule has 9 heteroatoms. The zero-order chi connectivity index (χ0) is 18.9. The highest BCUT2D eigenvalue weighted by atomic mass is 19.4. The molecule has 0 aliphatic carbocycles. The molecule has 0 saturated carbocycles. The normalized spacial score (nSPS) is 30.4. The third kappa shape index (κ3) is 4.31. The Hall–Kier alpha value is -1.35. The molecule has 3 atom stereocenters. The Morgan fingerprint density at radius 3 is 2.38 bits per heavy atom. The van der Waals surface area contributed by atoms with Crippen molar-refractivity contribution in [3.63, 3.8) is 0 Å². The van der Waals surface area contributed by atoms with E-state index in [1.807, 2.05) is 0 Å². The van der Waals surface area contributed by atoms with Crippen LogP contribution in [-0.4, -0.2) is 91.2 Å². The number of alkyl halides is 3. The van der Waals surface area contributed by atoms with Crippen molar-refractivity contribution in [1.82, 2.24) is 14.7 Å². The third-order valence-electron chi connectivity index (χ3n) is 5.61. The molecule has 1 unspecified atom stereocenters. The van der Waals surface area contributed by atoms with Crippen LogP contribution in [-0.2, 0) is 14.3 Å². The number of amides is 2. The minimum Gasteiger partial charge on any atom is -0.380 e. The molecule has 0 spiro atoms. The fraction of sp³-hybridized carbons (Fsp3) is 0.882. The molecular formula is C17H26F3N3O3. The Kier molecular flexibility index (Phi) is 5.76. The van der Waals surface area contributed by atoms with Gasteiger partial charge in [-0.05, 0) is 25.8 Å². The monoisotopic (exact) mass is 377 g/mol. The topological polar surface area (TPSA) is 53.1 Å². The van der Waals surface area contributed by atoms with Gasteiger partial charge in [-0.3, -0.25) is 14.5 Å². The van der Waals surface area contributed by atoms with Gasteiger partial charge in [-0.1, -0.05) is 0 Å². The molecule has 3 aliphatic rings. The van der Waals surface area contributed by atoms with Gasteiger partial charge in [0.25, 0.3) is 0 Å². The Labute approximate surface area is 151 Å². The zero-order valence-corrected chi connectivity index (χ0v) is 15.0. The molecule has 3 rings (SSSR count). The first kappa shape index (κ1) is 19.4. The van der Waals surface area contributed by atoms with Crippen molar-refractivity contribution in [3.05, 3.63) is 0 Å². The van der Waals surface area contributed by atoms with Crippen LogP contribution in [0.15, 0.2) is 0 Å². The largest absolute Gasteiger partial charge is 0.401 e.